The van der Waals surface area contributed by atoms with Gasteiger partial charge in [0.25, 0.3) is 0 Å². The summed E-state index contributed by atoms with van der Waals surface area (Å²) in [7, 11) is -3.67. The molecule has 0 aliphatic carbocycles. The molecule has 2 aliphatic heterocycles. The number of carbonyl (C=O) groups excluding carboxylic acids is 1. The molecule has 1 amide bonds. The van der Waals surface area contributed by atoms with E-state index in [0.717, 1.165) is 5.56 Å². The minimum atomic E-state index is -3.67. The highest BCUT2D eigenvalue weighted by molar-refractivity contribution is 7.89. The van der Waals surface area contributed by atoms with Crippen molar-refractivity contribution < 1.29 is 17.9 Å². The van der Waals surface area contributed by atoms with E-state index in [1.54, 1.807) is 17.9 Å². The highest BCUT2D eigenvalue weighted by Gasteiger charge is 2.41. The van der Waals surface area contributed by atoms with E-state index < -0.39 is 16.1 Å². The molecule has 132 valence electrons. The van der Waals surface area contributed by atoms with Crippen LogP contribution in [0.25, 0.3) is 0 Å². The van der Waals surface area contributed by atoms with Crippen LogP contribution in [-0.2, 0) is 19.6 Å². The maximum absolute atomic E-state index is 13.1. The standard InChI is InChI=1S/C17H24N2O4S/c1-13-5-6-14(2)16(12-13)24(21,22)19-7-3-4-15(19)17(20)18-8-10-23-11-9-18/h5-6,12,15H,3-4,7-11H2,1-2H3. The van der Waals surface area contributed by atoms with Gasteiger partial charge >= 0.3 is 0 Å². The molecule has 0 spiro atoms. The first kappa shape index (κ1) is 17.4. The van der Waals surface area contributed by atoms with Crippen LogP contribution in [0.1, 0.15) is 24.0 Å². The molecule has 24 heavy (non-hydrogen) atoms. The van der Waals surface area contributed by atoms with Crippen molar-refractivity contribution in [3.8, 4) is 0 Å². The van der Waals surface area contributed by atoms with Crippen LogP contribution in [0.5, 0.6) is 0 Å². The van der Waals surface area contributed by atoms with Crippen LogP contribution in [0, 0.1) is 13.8 Å². The summed E-state index contributed by atoms with van der Waals surface area (Å²) in [6.07, 6.45) is 1.30. The van der Waals surface area contributed by atoms with E-state index in [2.05, 4.69) is 0 Å². The van der Waals surface area contributed by atoms with Crippen LogP contribution in [0.2, 0.25) is 0 Å². The van der Waals surface area contributed by atoms with Crippen LogP contribution >= 0.6 is 0 Å². The summed E-state index contributed by atoms with van der Waals surface area (Å²) in [5.41, 5.74) is 1.61. The van der Waals surface area contributed by atoms with Gasteiger partial charge in [0.05, 0.1) is 18.1 Å². The Kier molecular flexibility index (Phi) is 4.94. The third-order valence-corrected chi connectivity index (χ3v) is 6.79. The summed E-state index contributed by atoms with van der Waals surface area (Å²) < 4.78 is 32.9. The van der Waals surface area contributed by atoms with E-state index in [4.69, 9.17) is 4.74 Å². The van der Waals surface area contributed by atoms with Crippen molar-refractivity contribution in [3.63, 3.8) is 0 Å². The summed E-state index contributed by atoms with van der Waals surface area (Å²) in [5.74, 6) is -0.0929. The second-order valence-corrected chi connectivity index (χ2v) is 8.34. The molecule has 1 aromatic rings. The van der Waals surface area contributed by atoms with Gasteiger partial charge in [0.1, 0.15) is 6.04 Å². The highest BCUT2D eigenvalue weighted by atomic mass is 32.2. The number of benzene rings is 1. The van der Waals surface area contributed by atoms with E-state index in [0.29, 0.717) is 56.1 Å². The third-order valence-electron chi connectivity index (χ3n) is 4.74. The predicted molar refractivity (Wildman–Crippen MR) is 90.2 cm³/mol. The highest BCUT2D eigenvalue weighted by Crippen LogP contribution is 2.29. The Balaban J connectivity index is 1.89. The molecule has 0 aromatic heterocycles. The maximum Gasteiger partial charge on any atom is 0.244 e. The first-order valence-corrected chi connectivity index (χ1v) is 9.81. The Morgan fingerprint density at radius 1 is 1.17 bits per heavy atom. The number of hydrogen-bond donors (Lipinski definition) is 0. The van der Waals surface area contributed by atoms with Gasteiger partial charge in [0, 0.05) is 19.6 Å². The number of rotatable bonds is 3. The van der Waals surface area contributed by atoms with Crippen molar-refractivity contribution in [2.24, 2.45) is 0 Å². The number of amides is 1. The molecule has 0 bridgehead atoms. The number of nitrogens with zero attached hydrogens (tertiary/aromatic N) is 2. The predicted octanol–water partition coefficient (Wildman–Crippen LogP) is 1.32. The zero-order valence-corrected chi connectivity index (χ0v) is 15.0. The number of ether oxygens (including phenoxy) is 1. The molecule has 0 saturated carbocycles. The van der Waals surface area contributed by atoms with Gasteiger partial charge < -0.3 is 9.64 Å². The Morgan fingerprint density at radius 2 is 1.88 bits per heavy atom. The number of aryl methyl sites for hydroxylation is 2. The number of morpholine rings is 1. The van der Waals surface area contributed by atoms with Crippen molar-refractivity contribution in [2.75, 3.05) is 32.8 Å². The largest absolute Gasteiger partial charge is 0.378 e. The molecule has 2 aliphatic rings. The lowest BCUT2D eigenvalue weighted by Gasteiger charge is -2.32. The van der Waals surface area contributed by atoms with Crippen molar-refractivity contribution >= 4 is 15.9 Å². The average Bonchev–Trinajstić information content (AvgIpc) is 3.07. The monoisotopic (exact) mass is 352 g/mol. The minimum Gasteiger partial charge on any atom is -0.378 e. The first-order chi connectivity index (χ1) is 11.4. The first-order valence-electron chi connectivity index (χ1n) is 8.37. The van der Waals surface area contributed by atoms with Crippen LogP contribution < -0.4 is 0 Å². The summed E-state index contributed by atoms with van der Waals surface area (Å²) in [5, 5.41) is 0. The maximum atomic E-state index is 13.1. The summed E-state index contributed by atoms with van der Waals surface area (Å²) >= 11 is 0. The number of hydrogen-bond acceptors (Lipinski definition) is 4. The zero-order valence-electron chi connectivity index (χ0n) is 14.2. The van der Waals surface area contributed by atoms with Gasteiger partial charge in [-0.05, 0) is 43.9 Å². The molecular weight excluding hydrogens is 328 g/mol. The molecule has 2 saturated heterocycles. The molecule has 0 radical (unpaired) electrons. The Labute approximate surface area is 143 Å². The molecule has 3 rings (SSSR count). The fourth-order valence-electron chi connectivity index (χ4n) is 3.38. The molecule has 0 N–H and O–H groups in total. The van der Waals surface area contributed by atoms with Gasteiger partial charge in [0.15, 0.2) is 0 Å². The Bertz CT molecular complexity index is 726. The molecule has 7 heteroatoms. The van der Waals surface area contributed by atoms with E-state index in [9.17, 15) is 13.2 Å². The second-order valence-electron chi connectivity index (χ2n) is 6.48. The van der Waals surface area contributed by atoms with Crippen LogP contribution in [0.4, 0.5) is 0 Å². The molecule has 1 unspecified atom stereocenters. The molecule has 1 aromatic carbocycles. The van der Waals surface area contributed by atoms with E-state index in [-0.39, 0.29) is 5.91 Å². The topological polar surface area (TPSA) is 66.9 Å². The number of carbonyl (C=O) groups is 1. The zero-order chi connectivity index (χ0) is 17.3. The van der Waals surface area contributed by atoms with Crippen LogP contribution in [0.15, 0.2) is 23.1 Å². The quantitative estimate of drug-likeness (QED) is 0.823. The lowest BCUT2D eigenvalue weighted by Crippen LogP contribution is -2.51. The van der Waals surface area contributed by atoms with Crippen LogP contribution in [0.3, 0.4) is 0 Å². The second kappa shape index (κ2) is 6.82. The number of sulfonamides is 1. The Morgan fingerprint density at radius 3 is 2.58 bits per heavy atom. The van der Waals surface area contributed by atoms with Crippen molar-refractivity contribution in [1.82, 2.24) is 9.21 Å². The molecule has 1 atom stereocenters. The SMILES string of the molecule is Cc1ccc(C)c(S(=O)(=O)N2CCCC2C(=O)N2CCOCC2)c1. The van der Waals surface area contributed by atoms with Crippen molar-refractivity contribution in [1.29, 1.82) is 0 Å². The third kappa shape index (κ3) is 3.20. The summed E-state index contributed by atoms with van der Waals surface area (Å²) in [6.45, 7) is 6.17. The average molecular weight is 352 g/mol. The van der Waals surface area contributed by atoms with E-state index >= 15 is 0 Å². The van der Waals surface area contributed by atoms with Crippen molar-refractivity contribution in [3.05, 3.63) is 29.3 Å². The van der Waals surface area contributed by atoms with E-state index in [1.165, 1.54) is 4.31 Å². The normalized spacial score (nSPS) is 22.8. The van der Waals surface area contributed by atoms with Gasteiger partial charge in [0.2, 0.25) is 15.9 Å². The fourth-order valence-corrected chi connectivity index (χ4v) is 5.34. The molecule has 2 heterocycles. The van der Waals surface area contributed by atoms with Gasteiger partial charge in [-0.3, -0.25) is 4.79 Å². The van der Waals surface area contributed by atoms with Gasteiger partial charge in [-0.15, -0.1) is 0 Å². The lowest BCUT2D eigenvalue weighted by atomic mass is 10.2. The van der Waals surface area contributed by atoms with Gasteiger partial charge in [-0.2, -0.15) is 4.31 Å². The van der Waals surface area contributed by atoms with E-state index in [1.807, 2.05) is 19.1 Å². The molecule has 2 fully saturated rings. The summed E-state index contributed by atoms with van der Waals surface area (Å²) in [6, 6.07) is 4.82. The minimum absolute atomic E-state index is 0.0929. The van der Waals surface area contributed by atoms with Crippen molar-refractivity contribution in [2.45, 2.75) is 37.6 Å². The van der Waals surface area contributed by atoms with Crippen LogP contribution in [-0.4, -0.2) is 62.4 Å². The summed E-state index contributed by atoms with van der Waals surface area (Å²) in [4.78, 5) is 14.8. The molecular formula is C17H24N2O4S. The Hall–Kier alpha value is -1.44. The smallest absolute Gasteiger partial charge is 0.244 e. The van der Waals surface area contributed by atoms with Gasteiger partial charge in [-0.25, -0.2) is 8.42 Å². The lowest BCUT2D eigenvalue weighted by molar-refractivity contribution is -0.138. The fraction of sp³-hybridized carbons (Fsp3) is 0.588. The van der Waals surface area contributed by atoms with Gasteiger partial charge in [-0.1, -0.05) is 12.1 Å². The molecule has 6 nitrogen and oxygen atoms in total.